The lowest BCUT2D eigenvalue weighted by atomic mass is 9.91. The van der Waals surface area contributed by atoms with Crippen LogP contribution in [0.2, 0.25) is 0 Å². The van der Waals surface area contributed by atoms with Gasteiger partial charge in [-0.2, -0.15) is 0 Å². The second-order valence-corrected chi connectivity index (χ2v) is 4.71. The van der Waals surface area contributed by atoms with Crippen molar-refractivity contribution in [1.29, 1.82) is 0 Å². The molecule has 1 aromatic rings. The van der Waals surface area contributed by atoms with Crippen LogP contribution in [-0.2, 0) is 9.53 Å². The standard InChI is InChI=1S/C16H22O5/c1-10-8-15(20-4)13(9-14(10)19-3)12(11(2)17)6-7-16(18)21-5/h6-9,11-12,17H,1-5H3/b7-6+/t11-,12+/m0/s1. The molecule has 5 heteroatoms. The summed E-state index contributed by atoms with van der Waals surface area (Å²) < 4.78 is 15.3. The minimum absolute atomic E-state index is 0.409. The maximum atomic E-state index is 11.3. The van der Waals surface area contributed by atoms with E-state index in [9.17, 15) is 9.90 Å². The van der Waals surface area contributed by atoms with Gasteiger partial charge >= 0.3 is 5.97 Å². The Morgan fingerprint density at radius 3 is 2.29 bits per heavy atom. The monoisotopic (exact) mass is 294 g/mol. The second-order valence-electron chi connectivity index (χ2n) is 4.71. The molecule has 0 amide bonds. The molecule has 0 radical (unpaired) electrons. The molecule has 1 rings (SSSR count). The summed E-state index contributed by atoms with van der Waals surface area (Å²) in [6.45, 7) is 3.56. The highest BCUT2D eigenvalue weighted by molar-refractivity contribution is 5.82. The van der Waals surface area contributed by atoms with E-state index in [1.807, 2.05) is 19.1 Å². The lowest BCUT2D eigenvalue weighted by molar-refractivity contribution is -0.134. The molecular weight excluding hydrogens is 272 g/mol. The Morgan fingerprint density at radius 1 is 1.19 bits per heavy atom. The van der Waals surface area contributed by atoms with E-state index in [0.29, 0.717) is 11.5 Å². The van der Waals surface area contributed by atoms with Crippen molar-refractivity contribution in [2.75, 3.05) is 21.3 Å². The van der Waals surface area contributed by atoms with E-state index in [1.54, 1.807) is 27.2 Å². The Morgan fingerprint density at radius 2 is 1.81 bits per heavy atom. The molecule has 0 saturated carbocycles. The summed E-state index contributed by atoms with van der Waals surface area (Å²) in [6.07, 6.45) is 2.19. The molecule has 0 bridgehead atoms. The van der Waals surface area contributed by atoms with Gasteiger partial charge in [0.05, 0.1) is 27.4 Å². The summed E-state index contributed by atoms with van der Waals surface area (Å²) in [6, 6.07) is 3.66. The fourth-order valence-corrected chi connectivity index (χ4v) is 2.11. The van der Waals surface area contributed by atoms with Gasteiger partial charge in [-0.1, -0.05) is 6.08 Å². The van der Waals surface area contributed by atoms with Gasteiger partial charge in [0.2, 0.25) is 0 Å². The van der Waals surface area contributed by atoms with E-state index < -0.39 is 18.0 Å². The average Bonchev–Trinajstić information content (AvgIpc) is 2.47. The van der Waals surface area contributed by atoms with Gasteiger partial charge in [-0.25, -0.2) is 4.79 Å². The van der Waals surface area contributed by atoms with Gasteiger partial charge in [-0.05, 0) is 31.5 Å². The van der Waals surface area contributed by atoms with Crippen molar-refractivity contribution in [1.82, 2.24) is 0 Å². The number of ether oxygens (including phenoxy) is 3. The van der Waals surface area contributed by atoms with Crippen molar-refractivity contribution >= 4 is 5.97 Å². The third-order valence-corrected chi connectivity index (χ3v) is 3.27. The number of carbonyl (C=O) groups is 1. The maximum Gasteiger partial charge on any atom is 0.330 e. The van der Waals surface area contributed by atoms with Gasteiger partial charge in [0.1, 0.15) is 11.5 Å². The van der Waals surface area contributed by atoms with E-state index in [4.69, 9.17) is 9.47 Å². The molecule has 116 valence electrons. The molecular formula is C16H22O5. The lowest BCUT2D eigenvalue weighted by Crippen LogP contribution is -2.14. The van der Waals surface area contributed by atoms with Crippen molar-refractivity contribution in [3.05, 3.63) is 35.4 Å². The lowest BCUT2D eigenvalue weighted by Gasteiger charge is -2.21. The number of aliphatic hydroxyl groups excluding tert-OH is 1. The van der Waals surface area contributed by atoms with Gasteiger partial charge in [-0.3, -0.25) is 0 Å². The first-order chi connectivity index (χ1) is 9.94. The van der Waals surface area contributed by atoms with E-state index in [2.05, 4.69) is 4.74 Å². The molecule has 0 aliphatic rings. The SMILES string of the molecule is COC(=O)/C=C/[C@@H](c1cc(OC)c(C)cc1OC)[C@H](C)O. The molecule has 5 nitrogen and oxygen atoms in total. The number of hydrogen-bond acceptors (Lipinski definition) is 5. The van der Waals surface area contributed by atoms with Gasteiger partial charge < -0.3 is 19.3 Å². The van der Waals surface area contributed by atoms with Gasteiger partial charge in [0, 0.05) is 17.6 Å². The summed E-state index contributed by atoms with van der Waals surface area (Å²) in [4.78, 5) is 11.3. The molecule has 0 spiro atoms. The first-order valence-corrected chi connectivity index (χ1v) is 6.61. The van der Waals surface area contributed by atoms with E-state index >= 15 is 0 Å². The Bertz CT molecular complexity index is 520. The second kappa shape index (κ2) is 7.69. The van der Waals surface area contributed by atoms with Crippen molar-refractivity contribution in [3.8, 4) is 11.5 Å². The Balaban J connectivity index is 3.30. The Hall–Kier alpha value is -2.01. The van der Waals surface area contributed by atoms with Crippen molar-refractivity contribution in [3.63, 3.8) is 0 Å². The van der Waals surface area contributed by atoms with Crippen LogP contribution in [0.3, 0.4) is 0 Å². The van der Waals surface area contributed by atoms with Crippen LogP contribution < -0.4 is 9.47 Å². The van der Waals surface area contributed by atoms with Crippen LogP contribution in [0.1, 0.15) is 24.0 Å². The molecule has 2 atom stereocenters. The fourth-order valence-electron chi connectivity index (χ4n) is 2.11. The third-order valence-electron chi connectivity index (χ3n) is 3.27. The van der Waals surface area contributed by atoms with E-state index in [0.717, 1.165) is 11.1 Å². The molecule has 0 unspecified atom stereocenters. The minimum atomic E-state index is -0.702. The normalized spacial score (nSPS) is 13.8. The highest BCUT2D eigenvalue weighted by atomic mass is 16.5. The van der Waals surface area contributed by atoms with Crippen LogP contribution in [0.5, 0.6) is 11.5 Å². The summed E-state index contributed by atoms with van der Waals surface area (Å²) in [5.41, 5.74) is 1.68. The topological polar surface area (TPSA) is 65.0 Å². The predicted octanol–water partition coefficient (Wildman–Crippen LogP) is 2.21. The molecule has 1 N–H and O–H groups in total. The highest BCUT2D eigenvalue weighted by Gasteiger charge is 2.21. The summed E-state index contributed by atoms with van der Waals surface area (Å²) in [7, 11) is 4.45. The quantitative estimate of drug-likeness (QED) is 0.643. The van der Waals surface area contributed by atoms with E-state index in [-0.39, 0.29) is 0 Å². The maximum absolute atomic E-state index is 11.3. The number of aryl methyl sites for hydroxylation is 1. The van der Waals surface area contributed by atoms with Gasteiger partial charge in [0.15, 0.2) is 0 Å². The molecule has 0 fully saturated rings. The zero-order valence-corrected chi connectivity index (χ0v) is 13.0. The number of benzene rings is 1. The number of esters is 1. The Labute approximate surface area is 125 Å². The van der Waals surface area contributed by atoms with Crippen molar-refractivity contribution < 1.29 is 24.1 Å². The smallest absolute Gasteiger partial charge is 0.330 e. The van der Waals surface area contributed by atoms with Gasteiger partial charge in [-0.15, -0.1) is 0 Å². The molecule has 0 aromatic heterocycles. The number of methoxy groups -OCH3 is 3. The summed E-state index contributed by atoms with van der Waals surface area (Å²) >= 11 is 0. The zero-order valence-electron chi connectivity index (χ0n) is 13.0. The molecule has 0 aliphatic heterocycles. The minimum Gasteiger partial charge on any atom is -0.496 e. The summed E-state index contributed by atoms with van der Waals surface area (Å²) in [5, 5.41) is 10.0. The zero-order chi connectivity index (χ0) is 16.0. The fraction of sp³-hybridized carbons (Fsp3) is 0.438. The largest absolute Gasteiger partial charge is 0.496 e. The van der Waals surface area contributed by atoms with Crippen molar-refractivity contribution in [2.24, 2.45) is 0 Å². The first-order valence-electron chi connectivity index (χ1n) is 6.61. The van der Waals surface area contributed by atoms with E-state index in [1.165, 1.54) is 13.2 Å². The van der Waals surface area contributed by atoms with Crippen LogP contribution in [0.25, 0.3) is 0 Å². The van der Waals surface area contributed by atoms with Crippen LogP contribution in [0, 0.1) is 6.92 Å². The first kappa shape index (κ1) is 17.0. The molecule has 0 aliphatic carbocycles. The number of carbonyl (C=O) groups excluding carboxylic acids is 1. The molecule has 1 aromatic carbocycles. The Kier molecular flexibility index (Phi) is 6.24. The number of aliphatic hydroxyl groups is 1. The summed E-state index contributed by atoms with van der Waals surface area (Å²) in [5.74, 6) is 0.448. The third kappa shape index (κ3) is 4.23. The van der Waals surface area contributed by atoms with Crippen LogP contribution in [-0.4, -0.2) is 38.5 Å². The number of hydrogen-bond donors (Lipinski definition) is 1. The molecule has 21 heavy (non-hydrogen) atoms. The molecule has 0 heterocycles. The predicted molar refractivity (Wildman–Crippen MR) is 79.9 cm³/mol. The number of rotatable bonds is 6. The van der Waals surface area contributed by atoms with Crippen LogP contribution >= 0.6 is 0 Å². The van der Waals surface area contributed by atoms with Gasteiger partial charge in [0.25, 0.3) is 0 Å². The van der Waals surface area contributed by atoms with Crippen LogP contribution in [0.4, 0.5) is 0 Å². The van der Waals surface area contributed by atoms with Crippen molar-refractivity contribution in [2.45, 2.75) is 25.9 Å². The molecule has 0 saturated heterocycles. The average molecular weight is 294 g/mol. The highest BCUT2D eigenvalue weighted by Crippen LogP contribution is 2.35. The van der Waals surface area contributed by atoms with Crippen LogP contribution in [0.15, 0.2) is 24.3 Å².